The molecule has 1 aliphatic rings. The number of thioether (sulfide) groups is 1. The van der Waals surface area contributed by atoms with Crippen molar-refractivity contribution >= 4 is 17.4 Å². The highest BCUT2D eigenvalue weighted by Crippen LogP contribution is 2.40. The summed E-state index contributed by atoms with van der Waals surface area (Å²) in [4.78, 5) is 4.54. The number of phenolic OH excluding ortho intramolecular Hbond substituents is 2. The lowest BCUT2D eigenvalue weighted by Crippen LogP contribution is -2.17. The zero-order valence-electron chi connectivity index (χ0n) is 14.6. The first kappa shape index (κ1) is 17.4. The van der Waals surface area contributed by atoms with Crippen molar-refractivity contribution in [3.63, 3.8) is 0 Å². The van der Waals surface area contributed by atoms with Crippen molar-refractivity contribution in [2.45, 2.75) is 24.7 Å². The second-order valence-corrected chi connectivity index (χ2v) is 7.09. The standard InChI is InChI=1S/C19H18N4O3S/c1-2-9-27-19-21-18-16(22-23-19)12-5-3-4-6-13(12)20-17(26-18)11-7-8-14(24)15(25)10-11/h3-8,10,17,20,24-25H,2,9H2,1H3/t17-/m0/s1. The molecular formula is C19H18N4O3S. The van der Waals surface area contributed by atoms with E-state index in [0.29, 0.717) is 22.3 Å². The number of fused-ring (bicyclic) bond motifs is 3. The van der Waals surface area contributed by atoms with Crippen LogP contribution in [0.1, 0.15) is 25.1 Å². The van der Waals surface area contributed by atoms with E-state index in [1.54, 1.807) is 6.07 Å². The van der Waals surface area contributed by atoms with Gasteiger partial charge in [-0.2, -0.15) is 4.98 Å². The van der Waals surface area contributed by atoms with Gasteiger partial charge in [-0.05, 0) is 30.7 Å². The Labute approximate surface area is 160 Å². The van der Waals surface area contributed by atoms with Crippen LogP contribution < -0.4 is 10.1 Å². The minimum absolute atomic E-state index is 0.185. The van der Waals surface area contributed by atoms with Gasteiger partial charge in [-0.15, -0.1) is 10.2 Å². The van der Waals surface area contributed by atoms with Crippen LogP contribution in [0, 0.1) is 0 Å². The van der Waals surface area contributed by atoms with Gasteiger partial charge in [0.2, 0.25) is 11.0 Å². The van der Waals surface area contributed by atoms with Crippen LogP contribution in [0.15, 0.2) is 47.6 Å². The molecule has 138 valence electrons. The molecule has 4 rings (SSSR count). The average molecular weight is 382 g/mol. The number of rotatable bonds is 4. The largest absolute Gasteiger partial charge is 0.504 e. The van der Waals surface area contributed by atoms with Gasteiger partial charge < -0.3 is 20.3 Å². The smallest absolute Gasteiger partial charge is 0.247 e. The molecule has 1 atom stereocenters. The molecule has 2 aromatic carbocycles. The SMILES string of the molecule is CCCSc1nnc2c(n1)O[C@@H](c1ccc(O)c(O)c1)Nc1ccccc1-2. The van der Waals surface area contributed by atoms with Crippen LogP contribution >= 0.6 is 11.8 Å². The lowest BCUT2D eigenvalue weighted by molar-refractivity contribution is 0.224. The minimum Gasteiger partial charge on any atom is -0.504 e. The maximum atomic E-state index is 9.86. The molecule has 2 heterocycles. The molecule has 0 unspecified atom stereocenters. The van der Waals surface area contributed by atoms with Gasteiger partial charge in [-0.1, -0.05) is 36.9 Å². The molecule has 0 saturated heterocycles. The molecule has 7 nitrogen and oxygen atoms in total. The molecule has 8 heteroatoms. The molecule has 0 aliphatic carbocycles. The van der Waals surface area contributed by atoms with Crippen LogP contribution in [0.2, 0.25) is 0 Å². The number of aromatic hydroxyl groups is 2. The third kappa shape index (κ3) is 3.48. The second kappa shape index (κ2) is 7.32. The van der Waals surface area contributed by atoms with Crippen molar-refractivity contribution in [2.24, 2.45) is 0 Å². The van der Waals surface area contributed by atoms with Crippen LogP contribution in [0.4, 0.5) is 5.69 Å². The number of aromatic nitrogens is 3. The summed E-state index contributed by atoms with van der Waals surface area (Å²) in [6.07, 6.45) is 0.394. The van der Waals surface area contributed by atoms with Crippen LogP contribution in [0.3, 0.4) is 0 Å². The summed E-state index contributed by atoms with van der Waals surface area (Å²) in [5.74, 6) is 0.870. The van der Waals surface area contributed by atoms with Gasteiger partial charge in [0, 0.05) is 22.6 Å². The fourth-order valence-corrected chi connectivity index (χ4v) is 3.39. The summed E-state index contributed by atoms with van der Waals surface area (Å²) in [5, 5.41) is 31.9. The molecular weight excluding hydrogens is 364 g/mol. The highest BCUT2D eigenvalue weighted by atomic mass is 32.2. The van der Waals surface area contributed by atoms with Gasteiger partial charge in [0.05, 0.1) is 0 Å². The molecule has 0 bridgehead atoms. The number of nitrogens with zero attached hydrogens (tertiary/aromatic N) is 3. The van der Waals surface area contributed by atoms with E-state index in [0.717, 1.165) is 23.4 Å². The average Bonchev–Trinajstić information content (AvgIpc) is 2.85. The third-order valence-corrected chi connectivity index (χ3v) is 5.11. The lowest BCUT2D eigenvalue weighted by Gasteiger charge is -2.19. The topological polar surface area (TPSA) is 100 Å². The quantitative estimate of drug-likeness (QED) is 0.461. The van der Waals surface area contributed by atoms with Crippen molar-refractivity contribution in [3.05, 3.63) is 48.0 Å². The maximum Gasteiger partial charge on any atom is 0.247 e. The van der Waals surface area contributed by atoms with E-state index < -0.39 is 6.23 Å². The molecule has 0 amide bonds. The molecule has 0 fully saturated rings. The van der Waals surface area contributed by atoms with Crippen LogP contribution in [0.5, 0.6) is 17.4 Å². The molecule has 0 saturated carbocycles. The Hall–Kier alpha value is -3.00. The Kier molecular flexibility index (Phi) is 4.72. The van der Waals surface area contributed by atoms with Crippen LogP contribution in [-0.2, 0) is 0 Å². The molecule has 3 N–H and O–H groups in total. The van der Waals surface area contributed by atoms with Crippen LogP contribution in [0.25, 0.3) is 11.3 Å². The van der Waals surface area contributed by atoms with Crippen molar-refractivity contribution in [3.8, 4) is 28.6 Å². The number of benzene rings is 2. The monoisotopic (exact) mass is 382 g/mol. The summed E-state index contributed by atoms with van der Waals surface area (Å²) < 4.78 is 6.11. The van der Waals surface area contributed by atoms with Crippen molar-refractivity contribution in [1.29, 1.82) is 0 Å². The van der Waals surface area contributed by atoms with Crippen molar-refractivity contribution in [1.82, 2.24) is 15.2 Å². The van der Waals surface area contributed by atoms with E-state index in [1.165, 1.54) is 23.9 Å². The van der Waals surface area contributed by atoms with E-state index in [1.807, 2.05) is 24.3 Å². The zero-order valence-corrected chi connectivity index (χ0v) is 15.4. The van der Waals surface area contributed by atoms with Gasteiger partial charge in [0.25, 0.3) is 0 Å². The fraction of sp³-hybridized carbons (Fsp3) is 0.211. The predicted octanol–water partition coefficient (Wildman–Crippen LogP) is 3.96. The second-order valence-electron chi connectivity index (χ2n) is 6.03. The highest BCUT2D eigenvalue weighted by Gasteiger charge is 2.26. The molecule has 3 aromatic rings. The van der Waals surface area contributed by atoms with E-state index in [2.05, 4.69) is 27.4 Å². The van der Waals surface area contributed by atoms with E-state index >= 15 is 0 Å². The van der Waals surface area contributed by atoms with Gasteiger partial charge in [0.1, 0.15) is 0 Å². The van der Waals surface area contributed by atoms with Gasteiger partial charge in [0.15, 0.2) is 23.4 Å². The maximum absolute atomic E-state index is 9.86. The Morgan fingerprint density at radius 2 is 1.96 bits per heavy atom. The number of para-hydroxylation sites is 1. The number of ether oxygens (including phenoxy) is 1. The fourth-order valence-electron chi connectivity index (χ4n) is 2.76. The Morgan fingerprint density at radius 1 is 1.11 bits per heavy atom. The van der Waals surface area contributed by atoms with E-state index in [-0.39, 0.29) is 11.5 Å². The predicted molar refractivity (Wildman–Crippen MR) is 103 cm³/mol. The summed E-state index contributed by atoms with van der Waals surface area (Å²) in [6.45, 7) is 2.09. The van der Waals surface area contributed by atoms with Crippen molar-refractivity contribution in [2.75, 3.05) is 11.1 Å². The summed E-state index contributed by atoms with van der Waals surface area (Å²) in [7, 11) is 0. The summed E-state index contributed by atoms with van der Waals surface area (Å²) in [5.41, 5.74) is 2.86. The summed E-state index contributed by atoms with van der Waals surface area (Å²) >= 11 is 1.52. The van der Waals surface area contributed by atoms with E-state index in [9.17, 15) is 10.2 Å². The van der Waals surface area contributed by atoms with Crippen molar-refractivity contribution < 1.29 is 14.9 Å². The lowest BCUT2D eigenvalue weighted by atomic mass is 10.1. The first-order valence-corrected chi connectivity index (χ1v) is 9.56. The van der Waals surface area contributed by atoms with Gasteiger partial charge >= 0.3 is 0 Å². The third-order valence-electron chi connectivity index (χ3n) is 4.07. The Balaban J connectivity index is 1.79. The highest BCUT2D eigenvalue weighted by molar-refractivity contribution is 7.99. The zero-order chi connectivity index (χ0) is 18.8. The minimum atomic E-state index is -0.611. The number of hydrogen-bond donors (Lipinski definition) is 3. The molecule has 1 aliphatic heterocycles. The molecule has 27 heavy (non-hydrogen) atoms. The molecule has 0 spiro atoms. The van der Waals surface area contributed by atoms with E-state index in [4.69, 9.17) is 4.74 Å². The molecule has 0 radical (unpaired) electrons. The number of nitrogens with one attached hydrogen (secondary N) is 1. The number of phenols is 2. The summed E-state index contributed by atoms with van der Waals surface area (Å²) in [6, 6.07) is 12.2. The van der Waals surface area contributed by atoms with Gasteiger partial charge in [-0.3, -0.25) is 0 Å². The first-order valence-electron chi connectivity index (χ1n) is 8.57. The normalized spacial score (nSPS) is 15.1. The number of hydrogen-bond acceptors (Lipinski definition) is 8. The van der Waals surface area contributed by atoms with Gasteiger partial charge in [-0.25, -0.2) is 0 Å². The number of anilines is 1. The molecule has 1 aromatic heterocycles. The first-order chi connectivity index (χ1) is 13.2. The Bertz CT molecular complexity index is 983. The Morgan fingerprint density at radius 3 is 2.78 bits per heavy atom. The van der Waals surface area contributed by atoms with Crippen LogP contribution in [-0.4, -0.2) is 31.1 Å².